The Balaban J connectivity index is 0.994. The van der Waals surface area contributed by atoms with Gasteiger partial charge in [0.2, 0.25) is 0 Å². The van der Waals surface area contributed by atoms with Gasteiger partial charge in [-0.05, 0) is 122 Å². The fourth-order valence-electron chi connectivity index (χ4n) is 9.41. The highest BCUT2D eigenvalue weighted by molar-refractivity contribution is 6.09. The Hall–Kier alpha value is -7.42. The second kappa shape index (κ2) is 13.9. The molecule has 2 heteroatoms. The Morgan fingerprint density at radius 2 is 0.915 bits per heavy atom. The van der Waals surface area contributed by atoms with Gasteiger partial charge in [0.25, 0.3) is 0 Å². The van der Waals surface area contributed by atoms with Crippen LogP contribution in [0.4, 0.5) is 17.1 Å². The van der Waals surface area contributed by atoms with E-state index < -0.39 is 0 Å². The molecular weight excluding hydrogens is 715 g/mol. The zero-order valence-electron chi connectivity index (χ0n) is 33.1. The van der Waals surface area contributed by atoms with Crippen LogP contribution in [-0.2, 0) is 5.41 Å². The lowest BCUT2D eigenvalue weighted by atomic mass is 9.78. The summed E-state index contributed by atoms with van der Waals surface area (Å²) in [5.74, 6) is 0. The molecule has 10 aromatic rings. The molecule has 0 saturated heterocycles. The predicted molar refractivity (Wildman–Crippen MR) is 248 cm³/mol. The van der Waals surface area contributed by atoms with E-state index in [-0.39, 0.29) is 5.41 Å². The maximum absolute atomic E-state index is 6.46. The van der Waals surface area contributed by atoms with E-state index in [4.69, 9.17) is 4.42 Å². The van der Waals surface area contributed by atoms with Crippen LogP contribution in [0.1, 0.15) is 25.0 Å². The van der Waals surface area contributed by atoms with Crippen molar-refractivity contribution in [3.63, 3.8) is 0 Å². The number of nitrogens with zero attached hydrogens (tertiary/aromatic N) is 1. The maximum atomic E-state index is 6.46. The molecule has 1 aliphatic rings. The molecule has 0 atom stereocenters. The van der Waals surface area contributed by atoms with Crippen molar-refractivity contribution >= 4 is 39.0 Å². The van der Waals surface area contributed by atoms with E-state index in [1.54, 1.807) is 0 Å². The van der Waals surface area contributed by atoms with Gasteiger partial charge in [-0.1, -0.05) is 166 Å². The van der Waals surface area contributed by atoms with Crippen molar-refractivity contribution in [2.24, 2.45) is 0 Å². The standard InChI is InChI=1S/C57H41NO/c1-57(2)53-33-30-41(35-51(53)52-37-43(38-16-6-3-7-17-38)36-50(55(52)57)40-18-8-4-9-19-40)39-28-31-45(32-29-39)58(44-21-10-5-11-22-44)46-23-14-20-42(34-46)47-25-15-26-49-48-24-12-13-27-54(48)59-56(47)49/h3-37H,1-2H3. The SMILES string of the molecule is CC1(C)c2ccc(-c3ccc(N(c4ccccc4)c4cccc(-c5cccc6c5oc5ccccc56)c4)cc3)cc2-c2cc(-c3ccccc3)cc(-c3ccccc3)c21. The average Bonchev–Trinajstić information content (AvgIpc) is 3.79. The first-order chi connectivity index (χ1) is 29.0. The van der Waals surface area contributed by atoms with Crippen LogP contribution in [0, 0.1) is 0 Å². The lowest BCUT2D eigenvalue weighted by Crippen LogP contribution is -2.16. The van der Waals surface area contributed by atoms with E-state index in [0.717, 1.165) is 50.1 Å². The Morgan fingerprint density at radius 1 is 0.356 bits per heavy atom. The van der Waals surface area contributed by atoms with E-state index in [1.165, 1.54) is 55.6 Å². The molecule has 0 spiro atoms. The van der Waals surface area contributed by atoms with Crippen LogP contribution in [0.2, 0.25) is 0 Å². The number of hydrogen-bond acceptors (Lipinski definition) is 2. The lowest BCUT2D eigenvalue weighted by molar-refractivity contribution is 0.662. The highest BCUT2D eigenvalue weighted by Crippen LogP contribution is 2.54. The van der Waals surface area contributed by atoms with Crippen LogP contribution in [-0.4, -0.2) is 0 Å². The minimum Gasteiger partial charge on any atom is -0.455 e. The zero-order chi connectivity index (χ0) is 39.5. The molecule has 0 amide bonds. The van der Waals surface area contributed by atoms with Crippen molar-refractivity contribution in [2.45, 2.75) is 19.3 Å². The number of para-hydroxylation sites is 3. The van der Waals surface area contributed by atoms with E-state index >= 15 is 0 Å². The molecule has 1 heterocycles. The van der Waals surface area contributed by atoms with Gasteiger partial charge in [-0.2, -0.15) is 0 Å². The summed E-state index contributed by atoms with van der Waals surface area (Å²) in [5.41, 5.74) is 19.9. The number of benzene rings is 9. The van der Waals surface area contributed by atoms with Gasteiger partial charge in [0.1, 0.15) is 11.2 Å². The summed E-state index contributed by atoms with van der Waals surface area (Å²) in [6.45, 7) is 4.76. The lowest BCUT2D eigenvalue weighted by Gasteiger charge is -2.26. The number of hydrogen-bond donors (Lipinski definition) is 0. The first kappa shape index (κ1) is 34.8. The minimum absolute atomic E-state index is 0.159. The summed E-state index contributed by atoms with van der Waals surface area (Å²) in [6, 6.07) is 76.7. The monoisotopic (exact) mass is 755 g/mol. The van der Waals surface area contributed by atoms with Crippen LogP contribution in [0.3, 0.4) is 0 Å². The van der Waals surface area contributed by atoms with Crippen molar-refractivity contribution in [3.05, 3.63) is 223 Å². The Kier molecular flexibility index (Phi) is 8.20. The van der Waals surface area contributed by atoms with E-state index in [0.29, 0.717) is 0 Å². The summed E-state index contributed by atoms with van der Waals surface area (Å²) >= 11 is 0. The molecule has 280 valence electrons. The Labute approximate surface area is 345 Å². The number of fused-ring (bicyclic) bond motifs is 6. The molecule has 0 N–H and O–H groups in total. The summed E-state index contributed by atoms with van der Waals surface area (Å²) in [5, 5.41) is 2.27. The maximum Gasteiger partial charge on any atom is 0.143 e. The van der Waals surface area contributed by atoms with Crippen LogP contribution in [0.5, 0.6) is 0 Å². The van der Waals surface area contributed by atoms with E-state index in [9.17, 15) is 0 Å². The summed E-state index contributed by atoms with van der Waals surface area (Å²) in [4.78, 5) is 2.34. The van der Waals surface area contributed by atoms with Crippen LogP contribution < -0.4 is 4.90 Å². The second-order valence-corrected chi connectivity index (χ2v) is 16.1. The molecule has 0 radical (unpaired) electrons. The Bertz CT molecular complexity index is 3160. The van der Waals surface area contributed by atoms with Crippen molar-refractivity contribution in [1.29, 1.82) is 0 Å². The highest BCUT2D eigenvalue weighted by Gasteiger charge is 2.38. The van der Waals surface area contributed by atoms with Crippen molar-refractivity contribution in [3.8, 4) is 55.6 Å². The molecule has 59 heavy (non-hydrogen) atoms. The third-order valence-electron chi connectivity index (χ3n) is 12.2. The normalized spacial score (nSPS) is 12.7. The van der Waals surface area contributed by atoms with Gasteiger partial charge in [0.05, 0.1) is 0 Å². The van der Waals surface area contributed by atoms with Crippen molar-refractivity contribution < 1.29 is 4.42 Å². The molecule has 0 saturated carbocycles. The zero-order valence-corrected chi connectivity index (χ0v) is 33.1. The number of anilines is 3. The number of furan rings is 1. The molecule has 9 aromatic carbocycles. The van der Waals surface area contributed by atoms with Crippen LogP contribution >= 0.6 is 0 Å². The van der Waals surface area contributed by atoms with E-state index in [1.807, 2.05) is 12.1 Å². The van der Waals surface area contributed by atoms with Gasteiger partial charge in [-0.25, -0.2) is 0 Å². The van der Waals surface area contributed by atoms with Gasteiger partial charge in [0.15, 0.2) is 0 Å². The topological polar surface area (TPSA) is 16.4 Å². The van der Waals surface area contributed by atoms with E-state index in [2.05, 4.69) is 219 Å². The smallest absolute Gasteiger partial charge is 0.143 e. The minimum atomic E-state index is -0.159. The fourth-order valence-corrected chi connectivity index (χ4v) is 9.41. The average molecular weight is 756 g/mol. The molecule has 11 rings (SSSR count). The Morgan fingerprint density at radius 3 is 1.69 bits per heavy atom. The molecule has 0 bridgehead atoms. The van der Waals surface area contributed by atoms with Gasteiger partial charge < -0.3 is 9.32 Å². The fraction of sp³-hybridized carbons (Fsp3) is 0.0526. The predicted octanol–water partition coefficient (Wildman–Crippen LogP) is 16.0. The largest absolute Gasteiger partial charge is 0.455 e. The summed E-state index contributed by atoms with van der Waals surface area (Å²) in [6.07, 6.45) is 0. The van der Waals surface area contributed by atoms with Crippen molar-refractivity contribution in [1.82, 2.24) is 0 Å². The van der Waals surface area contributed by atoms with Gasteiger partial charge in [0, 0.05) is 38.8 Å². The summed E-state index contributed by atoms with van der Waals surface area (Å²) in [7, 11) is 0. The molecular formula is C57H41NO. The first-order valence-electron chi connectivity index (χ1n) is 20.4. The third-order valence-corrected chi connectivity index (χ3v) is 12.2. The molecule has 2 nitrogen and oxygen atoms in total. The van der Waals surface area contributed by atoms with Crippen LogP contribution in [0.15, 0.2) is 217 Å². The van der Waals surface area contributed by atoms with Gasteiger partial charge in [-0.15, -0.1) is 0 Å². The molecule has 1 aliphatic carbocycles. The summed E-state index contributed by atoms with van der Waals surface area (Å²) < 4.78 is 6.46. The first-order valence-corrected chi connectivity index (χ1v) is 20.4. The second-order valence-electron chi connectivity index (χ2n) is 16.1. The molecule has 0 aliphatic heterocycles. The molecule has 0 unspecified atom stereocenters. The highest BCUT2D eigenvalue weighted by atomic mass is 16.3. The molecule has 1 aromatic heterocycles. The quantitative estimate of drug-likeness (QED) is 0.161. The van der Waals surface area contributed by atoms with Gasteiger partial charge in [-0.3, -0.25) is 0 Å². The number of rotatable bonds is 7. The molecule has 0 fully saturated rings. The van der Waals surface area contributed by atoms with Crippen LogP contribution in [0.25, 0.3) is 77.6 Å². The van der Waals surface area contributed by atoms with Gasteiger partial charge >= 0.3 is 0 Å². The van der Waals surface area contributed by atoms with Crippen molar-refractivity contribution in [2.75, 3.05) is 4.90 Å². The third kappa shape index (κ3) is 5.87.